The Labute approximate surface area is 154 Å². The predicted molar refractivity (Wildman–Crippen MR) is 97.0 cm³/mol. The lowest BCUT2D eigenvalue weighted by Crippen LogP contribution is -2.31. The molecular formula is C17H17Cl2NO3S. The van der Waals surface area contributed by atoms with Gasteiger partial charge in [-0.1, -0.05) is 54.4 Å². The number of amides is 1. The van der Waals surface area contributed by atoms with Crippen LogP contribution in [0.2, 0.25) is 8.67 Å². The quantitative estimate of drug-likeness (QED) is 0.736. The minimum absolute atomic E-state index is 0.169. The van der Waals surface area contributed by atoms with Crippen LogP contribution in [0.25, 0.3) is 0 Å². The van der Waals surface area contributed by atoms with E-state index in [0.29, 0.717) is 4.34 Å². The molecule has 1 heterocycles. The summed E-state index contributed by atoms with van der Waals surface area (Å²) in [6.07, 6.45) is 0.964. The van der Waals surface area contributed by atoms with Crippen LogP contribution in [0.5, 0.6) is 0 Å². The number of rotatable bonds is 6. The van der Waals surface area contributed by atoms with Gasteiger partial charge in [0.2, 0.25) is 0 Å². The fourth-order valence-corrected chi connectivity index (χ4v) is 3.54. The molecule has 7 heteroatoms. The maximum absolute atomic E-state index is 11.9. The zero-order chi connectivity index (χ0) is 17.7. The third kappa shape index (κ3) is 4.97. The minimum atomic E-state index is -0.668. The fourth-order valence-electron chi connectivity index (χ4n) is 2.10. The topological polar surface area (TPSA) is 55.4 Å². The average molecular weight is 386 g/mol. The molecule has 2 aromatic rings. The maximum Gasteiger partial charge on any atom is 0.341 e. The van der Waals surface area contributed by atoms with E-state index in [-0.39, 0.29) is 28.5 Å². The number of carbonyl (C=O) groups excluding carboxylic acids is 2. The molecule has 1 atom stereocenters. The number of carbonyl (C=O) groups is 2. The van der Waals surface area contributed by atoms with Gasteiger partial charge in [0.15, 0.2) is 6.61 Å². The summed E-state index contributed by atoms with van der Waals surface area (Å²) >= 11 is 12.7. The molecule has 0 spiro atoms. The third-order valence-electron chi connectivity index (χ3n) is 3.48. The van der Waals surface area contributed by atoms with Gasteiger partial charge in [-0.15, -0.1) is 11.3 Å². The number of hydrogen-bond acceptors (Lipinski definition) is 4. The highest BCUT2D eigenvalue weighted by Gasteiger charge is 2.17. The normalized spacial score (nSPS) is 11.8. The van der Waals surface area contributed by atoms with E-state index in [9.17, 15) is 9.59 Å². The molecule has 0 fully saturated rings. The Morgan fingerprint density at radius 3 is 2.46 bits per heavy atom. The van der Waals surface area contributed by atoms with E-state index >= 15 is 0 Å². The van der Waals surface area contributed by atoms with Gasteiger partial charge in [0.25, 0.3) is 5.91 Å². The number of esters is 1. The zero-order valence-electron chi connectivity index (χ0n) is 13.3. The summed E-state index contributed by atoms with van der Waals surface area (Å²) in [6, 6.07) is 9.25. The number of thiophene rings is 1. The van der Waals surface area contributed by atoms with Crippen molar-refractivity contribution in [3.05, 3.63) is 55.7 Å². The summed E-state index contributed by atoms with van der Waals surface area (Å²) in [5.74, 6) is -1.05. The first kappa shape index (κ1) is 18.8. The van der Waals surface area contributed by atoms with Crippen molar-refractivity contribution in [2.75, 3.05) is 6.61 Å². The molecule has 1 aromatic carbocycles. The van der Waals surface area contributed by atoms with Crippen molar-refractivity contribution in [1.29, 1.82) is 0 Å². The van der Waals surface area contributed by atoms with Gasteiger partial charge in [0.1, 0.15) is 4.34 Å². The lowest BCUT2D eigenvalue weighted by Gasteiger charge is -2.14. The first-order valence-electron chi connectivity index (χ1n) is 7.40. The maximum atomic E-state index is 11.9. The van der Waals surface area contributed by atoms with Crippen molar-refractivity contribution in [2.45, 2.75) is 26.3 Å². The Morgan fingerprint density at radius 2 is 1.92 bits per heavy atom. The van der Waals surface area contributed by atoms with Crippen LogP contribution >= 0.6 is 34.5 Å². The van der Waals surface area contributed by atoms with Crippen molar-refractivity contribution < 1.29 is 14.3 Å². The average Bonchev–Trinajstić information content (AvgIpc) is 2.91. The van der Waals surface area contributed by atoms with Crippen LogP contribution < -0.4 is 5.32 Å². The number of ether oxygens (including phenoxy) is 1. The molecule has 0 bridgehead atoms. The fraction of sp³-hybridized carbons (Fsp3) is 0.294. The van der Waals surface area contributed by atoms with Gasteiger partial charge in [-0.3, -0.25) is 4.79 Å². The molecule has 0 aliphatic carbocycles. The Hall–Kier alpha value is -1.56. The van der Waals surface area contributed by atoms with E-state index in [2.05, 4.69) is 12.2 Å². The molecule has 128 valence electrons. The van der Waals surface area contributed by atoms with Gasteiger partial charge >= 0.3 is 5.97 Å². The lowest BCUT2D eigenvalue weighted by atomic mass is 10.1. The summed E-state index contributed by atoms with van der Waals surface area (Å²) in [5.41, 5.74) is 2.39. The van der Waals surface area contributed by atoms with E-state index in [0.717, 1.165) is 23.3 Å². The second-order valence-corrected chi connectivity index (χ2v) is 7.48. The zero-order valence-corrected chi connectivity index (χ0v) is 15.6. The molecule has 1 aromatic heterocycles. The van der Waals surface area contributed by atoms with Crippen molar-refractivity contribution in [1.82, 2.24) is 5.32 Å². The molecule has 0 aliphatic rings. The lowest BCUT2D eigenvalue weighted by molar-refractivity contribution is -0.124. The highest BCUT2D eigenvalue weighted by molar-refractivity contribution is 7.20. The number of halogens is 2. The van der Waals surface area contributed by atoms with Gasteiger partial charge in [-0.25, -0.2) is 4.79 Å². The Balaban J connectivity index is 1.86. The van der Waals surface area contributed by atoms with Crippen LogP contribution in [0, 0.1) is 0 Å². The van der Waals surface area contributed by atoms with Crippen molar-refractivity contribution in [3.63, 3.8) is 0 Å². The largest absolute Gasteiger partial charge is 0.452 e. The Kier molecular flexibility index (Phi) is 6.66. The summed E-state index contributed by atoms with van der Waals surface area (Å²) in [4.78, 5) is 23.8. The number of aryl methyl sites for hydroxylation is 1. The van der Waals surface area contributed by atoms with E-state index in [1.807, 2.05) is 31.2 Å². The van der Waals surface area contributed by atoms with Crippen molar-refractivity contribution >= 4 is 46.4 Å². The Morgan fingerprint density at radius 1 is 1.25 bits per heavy atom. The molecule has 1 amide bonds. The molecule has 0 saturated carbocycles. The van der Waals surface area contributed by atoms with Crippen molar-refractivity contribution in [3.8, 4) is 0 Å². The standard InChI is InChI=1S/C17H17Cl2NO3S/c1-3-11-4-6-12(7-5-11)10(2)20-15(21)9-23-17(22)13-8-14(18)24-16(13)19/h4-8,10H,3,9H2,1-2H3,(H,20,21). The molecule has 1 N–H and O–H groups in total. The minimum Gasteiger partial charge on any atom is -0.452 e. The van der Waals surface area contributed by atoms with Crippen LogP contribution in [0.4, 0.5) is 0 Å². The third-order valence-corrected chi connectivity index (χ3v) is 4.96. The summed E-state index contributed by atoms with van der Waals surface area (Å²) < 4.78 is 5.60. The van der Waals surface area contributed by atoms with Gasteiger partial charge < -0.3 is 10.1 Å². The second-order valence-electron chi connectivity index (χ2n) is 5.20. The summed E-state index contributed by atoms with van der Waals surface area (Å²) in [7, 11) is 0. The number of nitrogens with one attached hydrogen (secondary N) is 1. The molecular weight excluding hydrogens is 369 g/mol. The van der Waals surface area contributed by atoms with Gasteiger partial charge in [0.05, 0.1) is 15.9 Å². The second kappa shape index (κ2) is 8.51. The van der Waals surface area contributed by atoms with Crippen LogP contribution in [-0.4, -0.2) is 18.5 Å². The molecule has 2 rings (SSSR count). The van der Waals surface area contributed by atoms with Crippen LogP contribution in [0.1, 0.15) is 41.4 Å². The predicted octanol–water partition coefficient (Wildman–Crippen LogP) is 4.65. The summed E-state index contributed by atoms with van der Waals surface area (Å²) in [6.45, 7) is 3.58. The summed E-state index contributed by atoms with van der Waals surface area (Å²) in [5, 5.41) is 2.79. The first-order valence-corrected chi connectivity index (χ1v) is 8.98. The number of hydrogen-bond donors (Lipinski definition) is 1. The van der Waals surface area contributed by atoms with Gasteiger partial charge in [0, 0.05) is 0 Å². The highest BCUT2D eigenvalue weighted by Crippen LogP contribution is 2.31. The van der Waals surface area contributed by atoms with E-state index in [1.165, 1.54) is 11.6 Å². The van der Waals surface area contributed by atoms with Crippen molar-refractivity contribution in [2.24, 2.45) is 0 Å². The van der Waals surface area contributed by atoms with E-state index < -0.39 is 5.97 Å². The molecule has 1 unspecified atom stereocenters. The molecule has 0 aliphatic heterocycles. The monoisotopic (exact) mass is 385 g/mol. The SMILES string of the molecule is CCc1ccc(C(C)NC(=O)COC(=O)c2cc(Cl)sc2Cl)cc1. The molecule has 24 heavy (non-hydrogen) atoms. The Bertz CT molecular complexity index is 728. The molecule has 4 nitrogen and oxygen atoms in total. The smallest absolute Gasteiger partial charge is 0.341 e. The first-order chi connectivity index (χ1) is 11.4. The van der Waals surface area contributed by atoms with E-state index in [4.69, 9.17) is 27.9 Å². The van der Waals surface area contributed by atoms with Crippen LogP contribution in [0.3, 0.4) is 0 Å². The molecule has 0 radical (unpaired) electrons. The van der Waals surface area contributed by atoms with Crippen LogP contribution in [0.15, 0.2) is 30.3 Å². The number of benzene rings is 1. The van der Waals surface area contributed by atoms with Gasteiger partial charge in [-0.2, -0.15) is 0 Å². The molecule has 0 saturated heterocycles. The highest BCUT2D eigenvalue weighted by atomic mass is 35.5. The van der Waals surface area contributed by atoms with Crippen LogP contribution in [-0.2, 0) is 16.0 Å². The van der Waals surface area contributed by atoms with Gasteiger partial charge in [-0.05, 0) is 30.5 Å². The van der Waals surface area contributed by atoms with E-state index in [1.54, 1.807) is 0 Å².